The first-order chi connectivity index (χ1) is 9.36. The summed E-state index contributed by atoms with van der Waals surface area (Å²) in [4.78, 5) is 9.05. The number of nitrogen functional groups attached to an aromatic ring is 1. The van der Waals surface area contributed by atoms with Crippen LogP contribution in [-0.4, -0.2) is 16.5 Å². The van der Waals surface area contributed by atoms with E-state index in [1.54, 1.807) is 0 Å². The van der Waals surface area contributed by atoms with Crippen LogP contribution in [0.4, 0.5) is 11.6 Å². The highest BCUT2D eigenvalue weighted by Crippen LogP contribution is 2.68. The highest BCUT2D eigenvalue weighted by Gasteiger charge is 2.64. The fourth-order valence-electron chi connectivity index (χ4n) is 3.20. The number of nitrogens with zero attached hydrogens (tertiary/aromatic N) is 2. The molecule has 0 aliphatic heterocycles. The minimum atomic E-state index is 0.390. The van der Waals surface area contributed by atoms with Crippen LogP contribution in [0.1, 0.15) is 52.3 Å². The van der Waals surface area contributed by atoms with Crippen molar-refractivity contribution in [3.63, 3.8) is 0 Å². The molecule has 5 heteroatoms. The maximum absolute atomic E-state index is 5.49. The molecule has 1 aromatic rings. The predicted molar refractivity (Wildman–Crippen MR) is 81.4 cm³/mol. The molecular weight excluding hydrogens is 250 g/mol. The van der Waals surface area contributed by atoms with Gasteiger partial charge < -0.3 is 10.7 Å². The Morgan fingerprint density at radius 1 is 1.15 bits per heavy atom. The van der Waals surface area contributed by atoms with Crippen LogP contribution in [0.25, 0.3) is 0 Å². The van der Waals surface area contributed by atoms with Crippen LogP contribution >= 0.6 is 0 Å². The van der Waals surface area contributed by atoms with E-state index >= 15 is 0 Å². The second-order valence-electron chi connectivity index (χ2n) is 7.29. The molecule has 3 rings (SSSR count). The number of anilines is 2. The Hall–Kier alpha value is -1.36. The summed E-state index contributed by atoms with van der Waals surface area (Å²) in [6.07, 6.45) is 2.38. The lowest BCUT2D eigenvalue weighted by Crippen LogP contribution is -2.14. The van der Waals surface area contributed by atoms with Gasteiger partial charge in [-0.1, -0.05) is 27.7 Å². The SMILES string of the molecule is CC1(C)C(CNc2cc(NN)nc(C3CC3)n2)C1(C)C. The lowest BCUT2D eigenvalue weighted by atomic mass is 10.0. The first kappa shape index (κ1) is 13.6. The average molecular weight is 275 g/mol. The average Bonchev–Trinajstić information content (AvgIpc) is 3.27. The molecule has 2 aliphatic rings. The van der Waals surface area contributed by atoms with Gasteiger partial charge in [0.1, 0.15) is 17.5 Å². The molecule has 2 fully saturated rings. The smallest absolute Gasteiger partial charge is 0.145 e. The number of nitrogens with two attached hydrogens (primary N) is 1. The van der Waals surface area contributed by atoms with Crippen LogP contribution in [0, 0.1) is 16.7 Å². The van der Waals surface area contributed by atoms with E-state index in [1.807, 2.05) is 6.07 Å². The summed E-state index contributed by atoms with van der Waals surface area (Å²) < 4.78 is 0. The molecule has 1 aromatic heterocycles. The van der Waals surface area contributed by atoms with E-state index in [1.165, 1.54) is 12.8 Å². The zero-order valence-electron chi connectivity index (χ0n) is 12.8. The summed E-state index contributed by atoms with van der Waals surface area (Å²) >= 11 is 0. The van der Waals surface area contributed by atoms with Gasteiger partial charge in [0.15, 0.2) is 0 Å². The van der Waals surface area contributed by atoms with Crippen LogP contribution in [0.3, 0.4) is 0 Å². The minimum Gasteiger partial charge on any atom is -0.370 e. The molecule has 110 valence electrons. The molecule has 0 unspecified atom stereocenters. The number of hydrogen-bond donors (Lipinski definition) is 3. The van der Waals surface area contributed by atoms with Crippen molar-refractivity contribution in [3.8, 4) is 0 Å². The Morgan fingerprint density at radius 2 is 1.75 bits per heavy atom. The number of aromatic nitrogens is 2. The maximum Gasteiger partial charge on any atom is 0.145 e. The zero-order chi connectivity index (χ0) is 14.5. The van der Waals surface area contributed by atoms with Crippen LogP contribution in [0.15, 0.2) is 6.07 Å². The fourth-order valence-corrected chi connectivity index (χ4v) is 3.20. The van der Waals surface area contributed by atoms with Gasteiger partial charge in [-0.2, -0.15) is 0 Å². The summed E-state index contributed by atoms with van der Waals surface area (Å²) in [5.74, 6) is 9.18. The van der Waals surface area contributed by atoms with Crippen LogP contribution in [0.5, 0.6) is 0 Å². The van der Waals surface area contributed by atoms with Crippen LogP contribution < -0.4 is 16.6 Å². The Bertz CT molecular complexity index is 505. The number of hydrogen-bond acceptors (Lipinski definition) is 5. The Labute approximate surface area is 120 Å². The van der Waals surface area contributed by atoms with E-state index in [0.717, 1.165) is 18.2 Å². The minimum absolute atomic E-state index is 0.390. The largest absolute Gasteiger partial charge is 0.370 e. The normalized spacial score (nSPS) is 23.4. The summed E-state index contributed by atoms with van der Waals surface area (Å²) in [5, 5.41) is 3.47. The second-order valence-corrected chi connectivity index (χ2v) is 7.29. The molecule has 4 N–H and O–H groups in total. The Morgan fingerprint density at radius 3 is 2.25 bits per heavy atom. The van der Waals surface area contributed by atoms with E-state index in [4.69, 9.17) is 5.84 Å². The summed E-state index contributed by atoms with van der Waals surface area (Å²) in [5.41, 5.74) is 3.42. The molecule has 0 aromatic carbocycles. The Balaban J connectivity index is 1.70. The molecule has 1 heterocycles. The first-order valence-electron chi connectivity index (χ1n) is 7.45. The van der Waals surface area contributed by atoms with Crippen molar-refractivity contribution in [1.29, 1.82) is 0 Å². The number of rotatable bonds is 5. The molecule has 0 saturated heterocycles. The summed E-state index contributed by atoms with van der Waals surface area (Å²) in [6, 6.07) is 1.88. The maximum atomic E-state index is 5.49. The summed E-state index contributed by atoms with van der Waals surface area (Å²) in [7, 11) is 0. The van der Waals surface area contributed by atoms with Crippen molar-refractivity contribution in [2.24, 2.45) is 22.6 Å². The van der Waals surface area contributed by atoms with Gasteiger partial charge in [-0.25, -0.2) is 15.8 Å². The number of nitrogens with one attached hydrogen (secondary N) is 2. The van der Waals surface area contributed by atoms with Crippen molar-refractivity contribution in [3.05, 3.63) is 11.9 Å². The first-order valence-corrected chi connectivity index (χ1v) is 7.45. The van der Waals surface area contributed by atoms with Crippen molar-refractivity contribution in [1.82, 2.24) is 9.97 Å². The molecule has 0 amide bonds. The van der Waals surface area contributed by atoms with Gasteiger partial charge in [-0.15, -0.1) is 0 Å². The van der Waals surface area contributed by atoms with Gasteiger partial charge in [0.25, 0.3) is 0 Å². The monoisotopic (exact) mass is 275 g/mol. The van der Waals surface area contributed by atoms with Crippen molar-refractivity contribution >= 4 is 11.6 Å². The lowest BCUT2D eigenvalue weighted by molar-refractivity contribution is 0.457. The molecule has 0 atom stereocenters. The van der Waals surface area contributed by atoms with Crippen molar-refractivity contribution in [2.45, 2.75) is 46.5 Å². The molecule has 20 heavy (non-hydrogen) atoms. The van der Waals surface area contributed by atoms with Crippen LogP contribution in [0.2, 0.25) is 0 Å². The fraction of sp³-hybridized carbons (Fsp3) is 0.733. The zero-order valence-corrected chi connectivity index (χ0v) is 12.8. The topological polar surface area (TPSA) is 75.9 Å². The number of hydrazine groups is 1. The highest BCUT2D eigenvalue weighted by molar-refractivity contribution is 5.47. The van der Waals surface area contributed by atoms with Gasteiger partial charge in [-0.3, -0.25) is 0 Å². The van der Waals surface area contributed by atoms with Crippen molar-refractivity contribution in [2.75, 3.05) is 17.3 Å². The van der Waals surface area contributed by atoms with Gasteiger partial charge in [-0.05, 0) is 29.6 Å². The third kappa shape index (κ3) is 2.14. The summed E-state index contributed by atoms with van der Waals surface area (Å²) in [6.45, 7) is 10.3. The molecule has 0 spiro atoms. The van der Waals surface area contributed by atoms with Gasteiger partial charge in [0.05, 0.1) is 0 Å². The van der Waals surface area contributed by atoms with E-state index in [0.29, 0.717) is 28.5 Å². The van der Waals surface area contributed by atoms with E-state index in [2.05, 4.69) is 48.4 Å². The van der Waals surface area contributed by atoms with E-state index < -0.39 is 0 Å². The molecular formula is C15H25N5. The third-order valence-electron chi connectivity index (χ3n) is 5.64. The second kappa shape index (κ2) is 4.32. The van der Waals surface area contributed by atoms with Gasteiger partial charge in [0.2, 0.25) is 0 Å². The molecule has 0 bridgehead atoms. The van der Waals surface area contributed by atoms with Crippen LogP contribution in [-0.2, 0) is 0 Å². The third-order valence-corrected chi connectivity index (χ3v) is 5.64. The van der Waals surface area contributed by atoms with E-state index in [9.17, 15) is 0 Å². The predicted octanol–water partition coefficient (Wildman–Crippen LogP) is 2.73. The van der Waals surface area contributed by atoms with Crippen molar-refractivity contribution < 1.29 is 0 Å². The Kier molecular flexibility index (Phi) is 2.94. The lowest BCUT2D eigenvalue weighted by Gasteiger charge is -2.10. The molecule has 5 nitrogen and oxygen atoms in total. The van der Waals surface area contributed by atoms with Gasteiger partial charge in [0, 0.05) is 18.5 Å². The highest BCUT2D eigenvalue weighted by atomic mass is 15.3. The molecule has 0 radical (unpaired) electrons. The molecule has 2 saturated carbocycles. The quantitative estimate of drug-likeness (QED) is 0.569. The molecule has 2 aliphatic carbocycles. The van der Waals surface area contributed by atoms with Gasteiger partial charge >= 0.3 is 0 Å². The van der Waals surface area contributed by atoms with E-state index in [-0.39, 0.29) is 0 Å². The standard InChI is InChI=1S/C15H25N5/c1-14(2)10(15(14,3)4)8-17-11-7-12(20-16)19-13(18-11)9-5-6-9/h7,9-10H,5-6,8,16H2,1-4H3,(H2,17,18,19,20).